The molecule has 0 aliphatic heterocycles. The summed E-state index contributed by atoms with van der Waals surface area (Å²) in [5.74, 6) is -0.315. The second-order valence-corrected chi connectivity index (χ2v) is 6.56. The van der Waals surface area contributed by atoms with E-state index in [1.165, 1.54) is 0 Å². The molecular formula is C21H18N2O3. The van der Waals surface area contributed by atoms with Crippen molar-refractivity contribution < 1.29 is 14.0 Å². The summed E-state index contributed by atoms with van der Waals surface area (Å²) in [5.41, 5.74) is 4.75. The zero-order chi connectivity index (χ0) is 18.1. The van der Waals surface area contributed by atoms with Crippen LogP contribution < -0.4 is 5.48 Å². The molecular weight excluding hydrogens is 328 g/mol. The van der Waals surface area contributed by atoms with Crippen molar-refractivity contribution in [3.63, 3.8) is 0 Å². The Labute approximate surface area is 150 Å². The molecule has 1 amide bonds. The summed E-state index contributed by atoms with van der Waals surface area (Å²) < 4.78 is 5.83. The van der Waals surface area contributed by atoms with Crippen LogP contribution in [-0.4, -0.2) is 10.9 Å². The van der Waals surface area contributed by atoms with Crippen molar-refractivity contribution in [3.05, 3.63) is 78.1 Å². The third-order valence-electron chi connectivity index (χ3n) is 4.42. The van der Waals surface area contributed by atoms with Gasteiger partial charge in [-0.3, -0.25) is 14.6 Å². The van der Waals surface area contributed by atoms with Crippen LogP contribution in [0.15, 0.2) is 71.4 Å². The minimum absolute atomic E-state index is 0.315. The van der Waals surface area contributed by atoms with Gasteiger partial charge in [0.05, 0.1) is 5.56 Å². The Balaban J connectivity index is 1.65. The number of pyridine rings is 1. The van der Waals surface area contributed by atoms with Crippen LogP contribution in [0.25, 0.3) is 21.9 Å². The summed E-state index contributed by atoms with van der Waals surface area (Å²) in [5, 5.41) is 1.69. The molecule has 0 bridgehead atoms. The van der Waals surface area contributed by atoms with E-state index in [0.29, 0.717) is 11.1 Å². The number of aromatic nitrogens is 1. The average Bonchev–Trinajstić information content (AvgIpc) is 3.05. The molecule has 130 valence electrons. The molecule has 0 aliphatic rings. The van der Waals surface area contributed by atoms with Crippen molar-refractivity contribution in [1.82, 2.24) is 10.5 Å². The van der Waals surface area contributed by atoms with Crippen LogP contribution in [0.4, 0.5) is 0 Å². The average molecular weight is 346 g/mol. The zero-order valence-corrected chi connectivity index (χ0v) is 14.5. The van der Waals surface area contributed by atoms with E-state index in [1.807, 2.05) is 56.3 Å². The molecule has 1 N–H and O–H groups in total. The molecule has 0 atom stereocenters. The molecule has 26 heavy (non-hydrogen) atoms. The van der Waals surface area contributed by atoms with Crippen molar-refractivity contribution in [2.45, 2.75) is 19.4 Å². The van der Waals surface area contributed by atoms with Gasteiger partial charge in [-0.15, -0.1) is 0 Å². The van der Waals surface area contributed by atoms with E-state index >= 15 is 0 Å². The second-order valence-electron chi connectivity index (χ2n) is 6.56. The van der Waals surface area contributed by atoms with Crippen LogP contribution >= 0.6 is 0 Å². The van der Waals surface area contributed by atoms with Gasteiger partial charge in [0, 0.05) is 23.2 Å². The lowest BCUT2D eigenvalue weighted by atomic mass is 10.00. The topological polar surface area (TPSA) is 64.4 Å². The number of hydrogen-bond acceptors (Lipinski definition) is 4. The molecule has 4 aromatic rings. The van der Waals surface area contributed by atoms with Gasteiger partial charge in [-0.25, -0.2) is 5.48 Å². The van der Waals surface area contributed by atoms with E-state index in [4.69, 9.17) is 9.25 Å². The van der Waals surface area contributed by atoms with Crippen molar-refractivity contribution in [2.24, 2.45) is 0 Å². The molecule has 0 spiro atoms. The number of rotatable bonds is 4. The molecule has 0 unspecified atom stereocenters. The van der Waals surface area contributed by atoms with E-state index in [2.05, 4.69) is 10.5 Å². The first-order valence-corrected chi connectivity index (χ1v) is 8.35. The van der Waals surface area contributed by atoms with Gasteiger partial charge >= 0.3 is 0 Å². The molecule has 2 aromatic heterocycles. The first-order valence-electron chi connectivity index (χ1n) is 8.35. The Morgan fingerprint density at radius 1 is 1.00 bits per heavy atom. The van der Waals surface area contributed by atoms with Crippen LogP contribution in [0.3, 0.4) is 0 Å². The fraction of sp³-hybridized carbons (Fsp3) is 0.143. The summed E-state index contributed by atoms with van der Waals surface area (Å²) >= 11 is 0. The molecule has 0 saturated heterocycles. The molecule has 0 aliphatic carbocycles. The summed E-state index contributed by atoms with van der Waals surface area (Å²) in [6.07, 6.45) is 3.39. The number of nitrogens with zero attached hydrogens (tertiary/aromatic N) is 1. The maximum absolute atomic E-state index is 12.8. The monoisotopic (exact) mass is 346 g/mol. The quantitative estimate of drug-likeness (QED) is 0.550. The molecule has 0 saturated carbocycles. The number of hydrogen-bond donors (Lipinski definition) is 1. The van der Waals surface area contributed by atoms with E-state index in [9.17, 15) is 4.79 Å². The van der Waals surface area contributed by atoms with Gasteiger partial charge in [-0.05, 0) is 49.7 Å². The largest absolute Gasteiger partial charge is 0.456 e. The van der Waals surface area contributed by atoms with E-state index in [1.54, 1.807) is 24.5 Å². The van der Waals surface area contributed by atoms with Crippen LogP contribution in [0.5, 0.6) is 0 Å². The first-order chi connectivity index (χ1) is 12.6. The fourth-order valence-corrected chi connectivity index (χ4v) is 3.00. The summed E-state index contributed by atoms with van der Waals surface area (Å²) in [6.45, 7) is 3.77. The molecule has 0 fully saturated rings. The van der Waals surface area contributed by atoms with Gasteiger partial charge < -0.3 is 4.42 Å². The smallest absolute Gasteiger partial charge is 0.275 e. The second kappa shape index (κ2) is 6.28. The normalized spacial score (nSPS) is 11.8. The van der Waals surface area contributed by atoms with Crippen LogP contribution in [0.1, 0.15) is 29.8 Å². The highest BCUT2D eigenvalue weighted by atomic mass is 16.7. The van der Waals surface area contributed by atoms with Crippen molar-refractivity contribution in [3.8, 4) is 0 Å². The highest BCUT2D eigenvalue weighted by molar-refractivity contribution is 6.16. The Bertz CT molecular complexity index is 1080. The lowest BCUT2D eigenvalue weighted by molar-refractivity contribution is -0.0748. The van der Waals surface area contributed by atoms with Crippen LogP contribution in [0.2, 0.25) is 0 Å². The van der Waals surface area contributed by atoms with Crippen LogP contribution in [-0.2, 0) is 10.4 Å². The lowest BCUT2D eigenvalue weighted by Gasteiger charge is -2.25. The number of nitrogens with one attached hydrogen (secondary N) is 1. The number of carbonyl (C=O) groups is 1. The number of hydroxylamine groups is 1. The molecule has 2 aromatic carbocycles. The minimum atomic E-state index is -0.690. The van der Waals surface area contributed by atoms with Gasteiger partial charge in [0.25, 0.3) is 5.91 Å². The molecule has 5 nitrogen and oxygen atoms in total. The predicted octanol–water partition coefficient (Wildman–Crippen LogP) is 4.58. The Hall–Kier alpha value is -3.18. The SMILES string of the molecule is CC(C)(ONC(=O)c1cccc2oc3ccccc3c12)c1ccncc1. The molecule has 2 heterocycles. The lowest BCUT2D eigenvalue weighted by Crippen LogP contribution is -2.34. The Kier molecular flexibility index (Phi) is 3.93. The highest BCUT2D eigenvalue weighted by Gasteiger charge is 2.24. The standard InChI is InChI=1S/C21H18N2O3/c1-21(2,14-10-12-22-13-11-14)26-23-20(24)16-7-5-9-18-19(16)15-6-3-4-8-17(15)25-18/h3-13H,1-2H3,(H,23,24). The van der Waals surface area contributed by atoms with E-state index in [0.717, 1.165) is 21.9 Å². The third-order valence-corrected chi connectivity index (χ3v) is 4.42. The van der Waals surface area contributed by atoms with E-state index < -0.39 is 5.60 Å². The van der Waals surface area contributed by atoms with E-state index in [-0.39, 0.29) is 5.91 Å². The zero-order valence-electron chi connectivity index (χ0n) is 14.5. The van der Waals surface area contributed by atoms with Gasteiger partial charge in [-0.1, -0.05) is 24.3 Å². The maximum atomic E-state index is 12.8. The van der Waals surface area contributed by atoms with Gasteiger partial charge in [0.15, 0.2) is 0 Å². The fourth-order valence-electron chi connectivity index (χ4n) is 3.00. The number of furan rings is 1. The molecule has 4 rings (SSSR count). The summed E-state index contributed by atoms with van der Waals surface area (Å²) in [6, 6.07) is 16.8. The Morgan fingerprint density at radius 3 is 2.54 bits per heavy atom. The number of carbonyl (C=O) groups excluding carboxylic acids is 1. The summed E-state index contributed by atoms with van der Waals surface area (Å²) in [4.78, 5) is 22.5. The van der Waals surface area contributed by atoms with Crippen LogP contribution in [0, 0.1) is 0 Å². The van der Waals surface area contributed by atoms with Crippen molar-refractivity contribution >= 4 is 27.8 Å². The number of amides is 1. The highest BCUT2D eigenvalue weighted by Crippen LogP contribution is 2.31. The third kappa shape index (κ3) is 2.82. The van der Waals surface area contributed by atoms with Gasteiger partial charge in [-0.2, -0.15) is 0 Å². The predicted molar refractivity (Wildman–Crippen MR) is 99.5 cm³/mol. The Morgan fingerprint density at radius 2 is 1.73 bits per heavy atom. The summed E-state index contributed by atoms with van der Waals surface area (Å²) in [7, 11) is 0. The van der Waals surface area contributed by atoms with Gasteiger partial charge in [0.1, 0.15) is 16.8 Å². The van der Waals surface area contributed by atoms with Crippen molar-refractivity contribution in [1.29, 1.82) is 0 Å². The number of benzene rings is 2. The van der Waals surface area contributed by atoms with Gasteiger partial charge in [0.2, 0.25) is 0 Å². The van der Waals surface area contributed by atoms with Crippen molar-refractivity contribution in [2.75, 3.05) is 0 Å². The molecule has 0 radical (unpaired) electrons. The minimum Gasteiger partial charge on any atom is -0.456 e. The first kappa shape index (κ1) is 16.3. The number of para-hydroxylation sites is 1. The number of fused-ring (bicyclic) bond motifs is 3. The maximum Gasteiger partial charge on any atom is 0.275 e. The molecule has 5 heteroatoms.